The first-order chi connectivity index (χ1) is 9.34. The van der Waals surface area contributed by atoms with Crippen molar-refractivity contribution in [2.24, 2.45) is 0 Å². The van der Waals surface area contributed by atoms with E-state index in [0.717, 1.165) is 16.8 Å². The third-order valence-electron chi connectivity index (χ3n) is 2.84. The molecule has 19 heavy (non-hydrogen) atoms. The molecule has 0 bridgehead atoms. The Balaban J connectivity index is 1.91. The zero-order valence-corrected chi connectivity index (χ0v) is 10.1. The zero-order valence-electron chi connectivity index (χ0n) is 10.1. The quantitative estimate of drug-likeness (QED) is 0.697. The maximum atomic E-state index is 13.6. The molecule has 0 atom stereocenters. The van der Waals surface area contributed by atoms with Crippen molar-refractivity contribution in [3.8, 4) is 0 Å². The summed E-state index contributed by atoms with van der Waals surface area (Å²) in [6, 6.07) is 16.4. The van der Waals surface area contributed by atoms with E-state index in [0.29, 0.717) is 5.52 Å². The number of nitrogens with one attached hydrogen (secondary N) is 2. The molecule has 0 unspecified atom stereocenters. The number of anilines is 2. The fraction of sp³-hybridized carbons (Fsp3) is 0. The predicted molar refractivity (Wildman–Crippen MR) is 75.4 cm³/mol. The van der Waals surface area contributed by atoms with E-state index in [-0.39, 0.29) is 5.82 Å². The van der Waals surface area contributed by atoms with Gasteiger partial charge in [0, 0.05) is 11.6 Å². The molecule has 0 saturated carbocycles. The molecule has 3 nitrogen and oxygen atoms in total. The van der Waals surface area contributed by atoms with E-state index in [1.165, 1.54) is 6.07 Å². The van der Waals surface area contributed by atoms with Crippen molar-refractivity contribution in [1.29, 1.82) is 0 Å². The summed E-state index contributed by atoms with van der Waals surface area (Å²) in [5, 5.41) is 0.742. The van der Waals surface area contributed by atoms with E-state index < -0.39 is 0 Å². The molecular weight excluding hydrogens is 241 g/mol. The van der Waals surface area contributed by atoms with Gasteiger partial charge >= 0.3 is 0 Å². The first-order valence-corrected chi connectivity index (χ1v) is 5.95. The summed E-state index contributed by atoms with van der Waals surface area (Å²) in [7, 11) is 0. The number of para-hydroxylation sites is 2. The SMILES string of the molecule is Fc1cccc2c(NNc3ccccc3)ccnc12. The number of halogens is 1. The van der Waals surface area contributed by atoms with Crippen LogP contribution in [0.5, 0.6) is 0 Å². The first-order valence-electron chi connectivity index (χ1n) is 5.95. The fourth-order valence-corrected chi connectivity index (χ4v) is 1.91. The van der Waals surface area contributed by atoms with Crippen molar-refractivity contribution >= 4 is 22.3 Å². The van der Waals surface area contributed by atoms with Crippen molar-refractivity contribution in [3.63, 3.8) is 0 Å². The highest BCUT2D eigenvalue weighted by molar-refractivity contribution is 5.91. The van der Waals surface area contributed by atoms with Gasteiger partial charge in [-0.15, -0.1) is 0 Å². The van der Waals surface area contributed by atoms with Crippen LogP contribution in [0.2, 0.25) is 0 Å². The maximum absolute atomic E-state index is 13.6. The molecular formula is C15H12FN3. The normalized spacial score (nSPS) is 10.4. The van der Waals surface area contributed by atoms with Gasteiger partial charge in [0.1, 0.15) is 11.3 Å². The highest BCUT2D eigenvalue weighted by Crippen LogP contribution is 2.23. The summed E-state index contributed by atoms with van der Waals surface area (Å²) in [6.07, 6.45) is 1.58. The van der Waals surface area contributed by atoms with Gasteiger partial charge in [0.05, 0.1) is 11.4 Å². The Morgan fingerprint density at radius 1 is 0.842 bits per heavy atom. The number of rotatable bonds is 3. The lowest BCUT2D eigenvalue weighted by Crippen LogP contribution is -2.09. The van der Waals surface area contributed by atoms with Gasteiger partial charge in [-0.2, -0.15) is 0 Å². The first kappa shape index (κ1) is 11.5. The monoisotopic (exact) mass is 253 g/mol. The fourth-order valence-electron chi connectivity index (χ4n) is 1.91. The molecule has 0 fully saturated rings. The molecule has 94 valence electrons. The Morgan fingerprint density at radius 2 is 1.68 bits per heavy atom. The summed E-state index contributed by atoms with van der Waals surface area (Å²) >= 11 is 0. The molecule has 1 aromatic heterocycles. The molecule has 3 rings (SSSR count). The van der Waals surface area contributed by atoms with Crippen LogP contribution in [-0.2, 0) is 0 Å². The van der Waals surface area contributed by atoms with Crippen LogP contribution in [0, 0.1) is 5.82 Å². The number of hydrogen-bond acceptors (Lipinski definition) is 3. The van der Waals surface area contributed by atoms with Crippen LogP contribution >= 0.6 is 0 Å². The average Bonchev–Trinajstić information content (AvgIpc) is 2.47. The smallest absolute Gasteiger partial charge is 0.149 e. The van der Waals surface area contributed by atoms with Crippen molar-refractivity contribution in [1.82, 2.24) is 4.98 Å². The number of aromatic nitrogens is 1. The Labute approximate surface area is 110 Å². The molecule has 0 amide bonds. The van der Waals surface area contributed by atoms with Crippen LogP contribution in [0.3, 0.4) is 0 Å². The number of pyridine rings is 1. The molecule has 3 aromatic rings. The van der Waals surface area contributed by atoms with E-state index in [4.69, 9.17) is 0 Å². The number of hydrazine groups is 1. The van der Waals surface area contributed by atoms with Crippen LogP contribution in [0.4, 0.5) is 15.8 Å². The van der Waals surface area contributed by atoms with Gasteiger partial charge in [0.15, 0.2) is 0 Å². The van der Waals surface area contributed by atoms with E-state index >= 15 is 0 Å². The number of fused-ring (bicyclic) bond motifs is 1. The lowest BCUT2D eigenvalue weighted by Gasteiger charge is -2.11. The zero-order chi connectivity index (χ0) is 13.1. The van der Waals surface area contributed by atoms with Gasteiger partial charge in [0.2, 0.25) is 0 Å². The van der Waals surface area contributed by atoms with Crippen LogP contribution in [-0.4, -0.2) is 4.98 Å². The minimum atomic E-state index is -0.319. The Hall–Kier alpha value is -2.62. The van der Waals surface area contributed by atoms with Crippen LogP contribution in [0.1, 0.15) is 0 Å². The van der Waals surface area contributed by atoms with Crippen molar-refractivity contribution in [2.75, 3.05) is 10.9 Å². The van der Waals surface area contributed by atoms with Crippen LogP contribution in [0.15, 0.2) is 60.8 Å². The summed E-state index contributed by atoms with van der Waals surface area (Å²) in [4.78, 5) is 4.05. The number of hydrogen-bond donors (Lipinski definition) is 2. The molecule has 0 aliphatic carbocycles. The second-order valence-corrected chi connectivity index (χ2v) is 4.11. The van der Waals surface area contributed by atoms with Gasteiger partial charge in [-0.3, -0.25) is 4.98 Å². The second-order valence-electron chi connectivity index (χ2n) is 4.11. The van der Waals surface area contributed by atoms with Gasteiger partial charge in [-0.1, -0.05) is 30.3 Å². The summed E-state index contributed by atoms with van der Waals surface area (Å²) < 4.78 is 13.6. The van der Waals surface area contributed by atoms with Crippen molar-refractivity contribution in [3.05, 3.63) is 66.6 Å². The van der Waals surface area contributed by atoms with E-state index in [9.17, 15) is 4.39 Å². The molecule has 0 aliphatic rings. The highest BCUT2D eigenvalue weighted by Gasteiger charge is 2.05. The lowest BCUT2D eigenvalue weighted by atomic mass is 10.2. The predicted octanol–water partition coefficient (Wildman–Crippen LogP) is 3.81. The molecule has 2 aromatic carbocycles. The molecule has 1 heterocycles. The molecule has 0 radical (unpaired) electrons. The van der Waals surface area contributed by atoms with Crippen LogP contribution < -0.4 is 10.9 Å². The topological polar surface area (TPSA) is 37.0 Å². The molecule has 2 N–H and O–H groups in total. The molecule has 0 spiro atoms. The Bertz CT molecular complexity index is 698. The molecule has 0 aliphatic heterocycles. The van der Waals surface area contributed by atoms with Crippen molar-refractivity contribution in [2.45, 2.75) is 0 Å². The third-order valence-corrected chi connectivity index (χ3v) is 2.84. The lowest BCUT2D eigenvalue weighted by molar-refractivity contribution is 0.637. The summed E-state index contributed by atoms with van der Waals surface area (Å²) in [6.45, 7) is 0. The summed E-state index contributed by atoms with van der Waals surface area (Å²) in [5.74, 6) is -0.319. The summed E-state index contributed by atoms with van der Waals surface area (Å²) in [5.41, 5.74) is 8.23. The highest BCUT2D eigenvalue weighted by atomic mass is 19.1. The largest absolute Gasteiger partial charge is 0.301 e. The Kier molecular flexibility index (Phi) is 2.98. The van der Waals surface area contributed by atoms with Gasteiger partial charge in [-0.25, -0.2) is 4.39 Å². The van der Waals surface area contributed by atoms with Gasteiger partial charge in [-0.05, 0) is 24.3 Å². The standard InChI is InChI=1S/C15H12FN3/c16-13-8-4-7-12-14(9-10-17-15(12)13)19-18-11-5-2-1-3-6-11/h1-10,18H,(H,17,19). The van der Waals surface area contributed by atoms with Crippen molar-refractivity contribution < 1.29 is 4.39 Å². The van der Waals surface area contributed by atoms with E-state index in [1.54, 1.807) is 18.3 Å². The Morgan fingerprint density at radius 3 is 2.53 bits per heavy atom. The number of benzene rings is 2. The van der Waals surface area contributed by atoms with Crippen LogP contribution in [0.25, 0.3) is 10.9 Å². The molecule has 4 heteroatoms. The number of nitrogens with zero attached hydrogens (tertiary/aromatic N) is 1. The van der Waals surface area contributed by atoms with E-state index in [2.05, 4.69) is 15.8 Å². The molecule has 0 saturated heterocycles. The minimum absolute atomic E-state index is 0.319. The van der Waals surface area contributed by atoms with E-state index in [1.807, 2.05) is 36.4 Å². The van der Waals surface area contributed by atoms with Gasteiger partial charge < -0.3 is 10.9 Å². The third kappa shape index (κ3) is 2.33. The maximum Gasteiger partial charge on any atom is 0.149 e. The average molecular weight is 253 g/mol. The second kappa shape index (κ2) is 4.94. The van der Waals surface area contributed by atoms with Gasteiger partial charge in [0.25, 0.3) is 0 Å². The minimum Gasteiger partial charge on any atom is -0.301 e.